The van der Waals surface area contributed by atoms with E-state index in [1.807, 2.05) is 12.1 Å². The molecule has 152 valence electrons. The van der Waals surface area contributed by atoms with Crippen molar-refractivity contribution in [2.24, 2.45) is 5.10 Å². The zero-order valence-electron chi connectivity index (χ0n) is 16.3. The van der Waals surface area contributed by atoms with Crippen LogP contribution in [0.2, 0.25) is 0 Å². The summed E-state index contributed by atoms with van der Waals surface area (Å²) in [5.41, 5.74) is 6.38. The van der Waals surface area contributed by atoms with Crippen molar-refractivity contribution in [1.29, 1.82) is 0 Å². The number of benzene rings is 2. The van der Waals surface area contributed by atoms with E-state index in [1.54, 1.807) is 18.2 Å². The predicted octanol–water partition coefficient (Wildman–Crippen LogP) is 3.14. The third-order valence-corrected chi connectivity index (χ3v) is 7.46. The van der Waals surface area contributed by atoms with E-state index in [1.165, 1.54) is 21.5 Å². The van der Waals surface area contributed by atoms with E-state index < -0.39 is 15.9 Å². The van der Waals surface area contributed by atoms with Gasteiger partial charge in [-0.25, -0.2) is 13.8 Å². The molecule has 2 aliphatic rings. The smallest absolute Gasteiger partial charge is 0.267 e. The molecule has 0 spiro atoms. The minimum atomic E-state index is -3.57. The Hall–Kier alpha value is -2.51. The van der Waals surface area contributed by atoms with Crippen molar-refractivity contribution in [2.45, 2.75) is 43.4 Å². The maximum atomic E-state index is 12.9. The number of amides is 1. The molecule has 29 heavy (non-hydrogen) atoms. The molecule has 1 aliphatic heterocycles. The van der Waals surface area contributed by atoms with Crippen LogP contribution < -0.4 is 5.43 Å². The number of hydrogen-bond acceptors (Lipinski definition) is 4. The number of hydrazone groups is 1. The van der Waals surface area contributed by atoms with E-state index >= 15 is 0 Å². The monoisotopic (exact) mass is 411 g/mol. The second-order valence-electron chi connectivity index (χ2n) is 7.56. The number of hydrogen-bond donors (Lipinski definition) is 1. The minimum absolute atomic E-state index is 0.159. The summed E-state index contributed by atoms with van der Waals surface area (Å²) in [6, 6.07) is 14.5. The summed E-state index contributed by atoms with van der Waals surface area (Å²) in [4.78, 5) is 12.7. The van der Waals surface area contributed by atoms with Crippen LogP contribution in [-0.2, 0) is 22.9 Å². The average Bonchev–Trinajstić information content (AvgIpc) is 2.78. The van der Waals surface area contributed by atoms with Gasteiger partial charge in [0, 0.05) is 30.8 Å². The summed E-state index contributed by atoms with van der Waals surface area (Å²) in [7, 11) is -3.57. The van der Waals surface area contributed by atoms with Gasteiger partial charge < -0.3 is 0 Å². The van der Waals surface area contributed by atoms with Crippen LogP contribution in [0, 0.1) is 0 Å². The van der Waals surface area contributed by atoms with Crippen LogP contribution >= 0.6 is 0 Å². The Morgan fingerprint density at radius 3 is 2.48 bits per heavy atom. The number of rotatable bonds is 4. The summed E-state index contributed by atoms with van der Waals surface area (Å²) in [5, 5.41) is 4.30. The molecule has 1 N–H and O–H groups in total. The Morgan fingerprint density at radius 1 is 0.931 bits per heavy atom. The van der Waals surface area contributed by atoms with E-state index in [0.717, 1.165) is 44.2 Å². The third kappa shape index (κ3) is 4.41. The molecule has 0 aromatic heterocycles. The van der Waals surface area contributed by atoms with Gasteiger partial charge >= 0.3 is 0 Å². The number of nitrogens with zero attached hydrogens (tertiary/aromatic N) is 2. The molecule has 1 amide bonds. The SMILES string of the molecule is O=C(N/N=C1/CCc2ccccc2C1)c1cccc(S(=O)(=O)N2CCCCC2)c1. The largest absolute Gasteiger partial charge is 0.271 e. The van der Waals surface area contributed by atoms with Crippen LogP contribution in [-0.4, -0.2) is 37.4 Å². The molecule has 1 aliphatic carbocycles. The number of aryl methyl sites for hydroxylation is 1. The fourth-order valence-corrected chi connectivity index (χ4v) is 5.47. The molecular formula is C22H25N3O3S. The molecule has 2 aromatic rings. The summed E-state index contributed by atoms with van der Waals surface area (Å²) >= 11 is 0. The van der Waals surface area contributed by atoms with Crippen LogP contribution in [0.15, 0.2) is 58.5 Å². The molecule has 1 fully saturated rings. The van der Waals surface area contributed by atoms with E-state index in [9.17, 15) is 13.2 Å². The number of carbonyl (C=O) groups is 1. The van der Waals surface area contributed by atoms with Crippen LogP contribution in [0.5, 0.6) is 0 Å². The van der Waals surface area contributed by atoms with E-state index in [0.29, 0.717) is 18.7 Å². The van der Waals surface area contributed by atoms with Crippen LogP contribution in [0.1, 0.15) is 47.2 Å². The normalized spacial score (nSPS) is 19.0. The van der Waals surface area contributed by atoms with Gasteiger partial charge in [0.05, 0.1) is 4.90 Å². The molecule has 6 nitrogen and oxygen atoms in total. The number of fused-ring (bicyclic) bond motifs is 1. The fraction of sp³-hybridized carbons (Fsp3) is 0.364. The third-order valence-electron chi connectivity index (χ3n) is 5.56. The van der Waals surface area contributed by atoms with Gasteiger partial charge in [0.1, 0.15) is 0 Å². The van der Waals surface area contributed by atoms with Crippen LogP contribution in [0.3, 0.4) is 0 Å². The van der Waals surface area contributed by atoms with Gasteiger partial charge in [0.2, 0.25) is 10.0 Å². The second kappa shape index (κ2) is 8.47. The number of carbonyl (C=O) groups excluding carboxylic acids is 1. The second-order valence-corrected chi connectivity index (χ2v) is 9.49. The highest BCUT2D eigenvalue weighted by Gasteiger charge is 2.26. The first-order chi connectivity index (χ1) is 14.0. The van der Waals surface area contributed by atoms with E-state index in [4.69, 9.17) is 0 Å². The van der Waals surface area contributed by atoms with Gasteiger partial charge in [0.15, 0.2) is 0 Å². The molecule has 7 heteroatoms. The molecule has 4 rings (SSSR count). The molecule has 1 saturated heterocycles. The van der Waals surface area contributed by atoms with Gasteiger partial charge in [0.25, 0.3) is 5.91 Å². The lowest BCUT2D eigenvalue weighted by Crippen LogP contribution is -2.35. The Bertz CT molecular complexity index is 1040. The molecular weight excluding hydrogens is 386 g/mol. The van der Waals surface area contributed by atoms with Crippen LogP contribution in [0.4, 0.5) is 0 Å². The topological polar surface area (TPSA) is 78.8 Å². The van der Waals surface area contributed by atoms with Crippen molar-refractivity contribution in [1.82, 2.24) is 9.73 Å². The predicted molar refractivity (Wildman–Crippen MR) is 112 cm³/mol. The van der Waals surface area contributed by atoms with Crippen molar-refractivity contribution in [3.05, 3.63) is 65.2 Å². The number of piperidine rings is 1. The maximum Gasteiger partial charge on any atom is 0.271 e. The highest BCUT2D eigenvalue weighted by atomic mass is 32.2. The van der Waals surface area contributed by atoms with Gasteiger partial charge in [-0.1, -0.05) is 36.8 Å². The molecule has 1 heterocycles. The number of nitrogens with one attached hydrogen (secondary N) is 1. The van der Waals surface area contributed by atoms with Crippen molar-refractivity contribution < 1.29 is 13.2 Å². The first-order valence-corrected chi connectivity index (χ1v) is 11.5. The summed E-state index contributed by atoms with van der Waals surface area (Å²) in [6.45, 7) is 1.07. The lowest BCUT2D eigenvalue weighted by molar-refractivity contribution is 0.0954. The minimum Gasteiger partial charge on any atom is -0.267 e. The average molecular weight is 412 g/mol. The molecule has 2 aromatic carbocycles. The van der Waals surface area contributed by atoms with Crippen molar-refractivity contribution in [3.63, 3.8) is 0 Å². The van der Waals surface area contributed by atoms with Crippen molar-refractivity contribution in [3.8, 4) is 0 Å². The number of sulfonamides is 1. The highest BCUT2D eigenvalue weighted by molar-refractivity contribution is 7.89. The summed E-state index contributed by atoms with van der Waals surface area (Å²) < 4.78 is 27.2. The van der Waals surface area contributed by atoms with Gasteiger partial charge in [-0.05, 0) is 55.0 Å². The molecule has 0 unspecified atom stereocenters. The Morgan fingerprint density at radius 2 is 1.69 bits per heavy atom. The van der Waals surface area contributed by atoms with Gasteiger partial charge in [-0.15, -0.1) is 0 Å². The molecule has 0 bridgehead atoms. The first kappa shape index (κ1) is 19.8. The van der Waals surface area contributed by atoms with E-state index in [-0.39, 0.29) is 4.90 Å². The highest BCUT2D eigenvalue weighted by Crippen LogP contribution is 2.22. The van der Waals surface area contributed by atoms with Gasteiger partial charge in [-0.2, -0.15) is 9.41 Å². The van der Waals surface area contributed by atoms with E-state index in [2.05, 4.69) is 22.7 Å². The zero-order chi connectivity index (χ0) is 20.3. The molecule has 0 atom stereocenters. The Kier molecular flexibility index (Phi) is 5.78. The van der Waals surface area contributed by atoms with Gasteiger partial charge in [-0.3, -0.25) is 4.79 Å². The lowest BCUT2D eigenvalue weighted by atomic mass is 9.90. The fourth-order valence-electron chi connectivity index (χ4n) is 3.90. The van der Waals surface area contributed by atoms with Crippen LogP contribution in [0.25, 0.3) is 0 Å². The quantitative estimate of drug-likeness (QED) is 0.785. The Labute approximate surface area is 171 Å². The molecule has 0 saturated carbocycles. The maximum absolute atomic E-state index is 12.9. The molecule has 0 radical (unpaired) electrons. The van der Waals surface area contributed by atoms with Crippen molar-refractivity contribution >= 4 is 21.6 Å². The standard InChI is InChI=1S/C22H25N3O3S/c26-22(24-23-20-12-11-17-7-2-3-8-18(17)15-20)19-9-6-10-21(16-19)29(27,28)25-13-4-1-5-14-25/h2-3,6-10,16H,1,4-5,11-15H2,(H,24,26)/b23-20-. The Balaban J connectivity index is 1.46. The zero-order valence-corrected chi connectivity index (χ0v) is 17.1. The first-order valence-electron chi connectivity index (χ1n) is 10.1. The summed E-state index contributed by atoms with van der Waals surface area (Å²) in [5.74, 6) is -0.396. The lowest BCUT2D eigenvalue weighted by Gasteiger charge is -2.26. The van der Waals surface area contributed by atoms with Crippen molar-refractivity contribution in [2.75, 3.05) is 13.1 Å². The summed E-state index contributed by atoms with van der Waals surface area (Å²) in [6.07, 6.45) is 5.24.